The van der Waals surface area contributed by atoms with E-state index in [1.807, 2.05) is 6.07 Å². The lowest BCUT2D eigenvalue weighted by Crippen LogP contribution is -2.16. The van der Waals surface area contributed by atoms with Crippen LogP contribution in [0.5, 0.6) is 11.5 Å². The molecule has 0 saturated heterocycles. The highest BCUT2D eigenvalue weighted by Crippen LogP contribution is 2.34. The van der Waals surface area contributed by atoms with Crippen molar-refractivity contribution in [3.63, 3.8) is 0 Å². The highest BCUT2D eigenvalue weighted by atomic mass is 16.7. The van der Waals surface area contributed by atoms with Crippen LogP contribution in [0.2, 0.25) is 0 Å². The van der Waals surface area contributed by atoms with Crippen LogP contribution in [0.25, 0.3) is 10.9 Å². The van der Waals surface area contributed by atoms with E-state index in [0.29, 0.717) is 33.7 Å². The maximum Gasteiger partial charge on any atom is 0.256 e. The van der Waals surface area contributed by atoms with Crippen LogP contribution in [0.3, 0.4) is 0 Å². The summed E-state index contributed by atoms with van der Waals surface area (Å²) in [4.78, 5) is 27.0. The molecule has 6 nitrogen and oxygen atoms in total. The number of para-hydroxylation sites is 1. The zero-order chi connectivity index (χ0) is 15.8. The summed E-state index contributed by atoms with van der Waals surface area (Å²) in [6, 6.07) is 13.6. The normalized spacial score (nSPS) is 12.3. The Hall–Kier alpha value is -3.28. The molecule has 0 unspecified atom stereocenters. The van der Waals surface area contributed by atoms with Gasteiger partial charge in [0, 0.05) is 28.7 Å². The summed E-state index contributed by atoms with van der Waals surface area (Å²) in [7, 11) is 0. The van der Waals surface area contributed by atoms with Crippen molar-refractivity contribution in [2.24, 2.45) is 0 Å². The summed E-state index contributed by atoms with van der Waals surface area (Å²) in [5.41, 5.74) is 1.20. The highest BCUT2D eigenvalue weighted by molar-refractivity contribution is 6.12. The second-order valence-electron chi connectivity index (χ2n) is 5.12. The number of ether oxygens (including phenoxy) is 2. The maximum atomic E-state index is 12.5. The molecule has 0 fully saturated rings. The lowest BCUT2D eigenvalue weighted by molar-refractivity contribution is 0.102. The number of aromatic amines is 1. The Morgan fingerprint density at radius 2 is 1.87 bits per heavy atom. The molecule has 23 heavy (non-hydrogen) atoms. The van der Waals surface area contributed by atoms with E-state index < -0.39 is 0 Å². The van der Waals surface area contributed by atoms with Gasteiger partial charge in [-0.15, -0.1) is 0 Å². The largest absolute Gasteiger partial charge is 0.454 e. The second-order valence-corrected chi connectivity index (χ2v) is 5.12. The third-order valence-electron chi connectivity index (χ3n) is 3.63. The van der Waals surface area contributed by atoms with Crippen LogP contribution < -0.4 is 20.3 Å². The first-order chi connectivity index (χ1) is 11.2. The van der Waals surface area contributed by atoms with Gasteiger partial charge in [0.15, 0.2) is 11.5 Å². The SMILES string of the molecule is O=C(Nc1ccc2c(c1)OCO2)c1cc(=O)[nH]c2ccccc12. The number of carbonyl (C=O) groups excluding carboxylic acids is 1. The Balaban J connectivity index is 1.71. The molecule has 1 aliphatic rings. The summed E-state index contributed by atoms with van der Waals surface area (Å²) < 4.78 is 10.5. The van der Waals surface area contributed by atoms with Crippen molar-refractivity contribution in [2.75, 3.05) is 12.1 Å². The predicted molar refractivity (Wildman–Crippen MR) is 85.1 cm³/mol. The Labute approximate surface area is 130 Å². The lowest BCUT2D eigenvalue weighted by atomic mass is 10.1. The number of anilines is 1. The molecule has 6 heteroatoms. The molecule has 2 aromatic carbocycles. The van der Waals surface area contributed by atoms with Crippen LogP contribution in [0, 0.1) is 0 Å². The summed E-state index contributed by atoms with van der Waals surface area (Å²) in [5.74, 6) is 0.870. The topological polar surface area (TPSA) is 80.4 Å². The Kier molecular flexibility index (Phi) is 3.01. The molecule has 0 spiro atoms. The van der Waals surface area contributed by atoms with Crippen molar-refractivity contribution in [3.05, 3.63) is 64.4 Å². The fraction of sp³-hybridized carbons (Fsp3) is 0.0588. The van der Waals surface area contributed by atoms with E-state index in [-0.39, 0.29) is 18.3 Å². The van der Waals surface area contributed by atoms with E-state index in [4.69, 9.17) is 9.47 Å². The molecule has 1 amide bonds. The van der Waals surface area contributed by atoms with E-state index >= 15 is 0 Å². The van der Waals surface area contributed by atoms with Gasteiger partial charge in [-0.05, 0) is 18.2 Å². The molecular formula is C17H12N2O4. The molecule has 0 bridgehead atoms. The first-order valence-electron chi connectivity index (χ1n) is 7.04. The zero-order valence-corrected chi connectivity index (χ0v) is 12.0. The number of fused-ring (bicyclic) bond motifs is 2. The maximum absolute atomic E-state index is 12.5. The van der Waals surface area contributed by atoms with Crippen molar-refractivity contribution in [3.8, 4) is 11.5 Å². The third-order valence-corrected chi connectivity index (χ3v) is 3.63. The first kappa shape index (κ1) is 13.4. The first-order valence-corrected chi connectivity index (χ1v) is 7.04. The summed E-state index contributed by atoms with van der Waals surface area (Å²) in [6.07, 6.45) is 0. The van der Waals surface area contributed by atoms with Crippen molar-refractivity contribution < 1.29 is 14.3 Å². The van der Waals surface area contributed by atoms with E-state index in [1.165, 1.54) is 6.07 Å². The molecule has 4 rings (SSSR count). The summed E-state index contributed by atoms with van der Waals surface area (Å²) >= 11 is 0. The third kappa shape index (κ3) is 2.40. The average molecular weight is 308 g/mol. The summed E-state index contributed by atoms with van der Waals surface area (Å²) in [6.45, 7) is 0.172. The lowest BCUT2D eigenvalue weighted by Gasteiger charge is -2.08. The van der Waals surface area contributed by atoms with Crippen LogP contribution in [-0.2, 0) is 0 Å². The number of hydrogen-bond donors (Lipinski definition) is 2. The molecule has 0 aliphatic carbocycles. The van der Waals surface area contributed by atoms with E-state index in [0.717, 1.165) is 0 Å². The predicted octanol–water partition coefficient (Wildman–Crippen LogP) is 2.51. The molecule has 1 aliphatic heterocycles. The Morgan fingerprint density at radius 1 is 1.04 bits per heavy atom. The van der Waals surface area contributed by atoms with Crippen molar-refractivity contribution in [2.45, 2.75) is 0 Å². The molecule has 0 radical (unpaired) electrons. The number of aromatic nitrogens is 1. The number of nitrogens with one attached hydrogen (secondary N) is 2. The molecule has 0 saturated carbocycles. The monoisotopic (exact) mass is 308 g/mol. The molecule has 114 valence electrons. The van der Waals surface area contributed by atoms with E-state index in [2.05, 4.69) is 10.3 Å². The van der Waals surface area contributed by atoms with Crippen LogP contribution in [0.15, 0.2) is 53.3 Å². The minimum atomic E-state index is -0.355. The highest BCUT2D eigenvalue weighted by Gasteiger charge is 2.16. The minimum absolute atomic E-state index is 0.172. The van der Waals surface area contributed by atoms with Crippen LogP contribution >= 0.6 is 0 Å². The number of rotatable bonds is 2. The Morgan fingerprint density at radius 3 is 2.78 bits per heavy atom. The molecule has 2 N–H and O–H groups in total. The minimum Gasteiger partial charge on any atom is -0.454 e. The van der Waals surface area contributed by atoms with Gasteiger partial charge in [0.05, 0.1) is 5.56 Å². The van der Waals surface area contributed by atoms with Crippen molar-refractivity contribution in [1.82, 2.24) is 4.98 Å². The van der Waals surface area contributed by atoms with Crippen LogP contribution in [0.4, 0.5) is 5.69 Å². The van der Waals surface area contributed by atoms with Gasteiger partial charge in [-0.3, -0.25) is 9.59 Å². The Bertz CT molecular complexity index is 978. The number of pyridine rings is 1. The average Bonchev–Trinajstić information content (AvgIpc) is 3.01. The number of hydrogen-bond acceptors (Lipinski definition) is 4. The van der Waals surface area contributed by atoms with Gasteiger partial charge in [-0.25, -0.2) is 0 Å². The molecule has 3 aromatic rings. The smallest absolute Gasteiger partial charge is 0.256 e. The van der Waals surface area contributed by atoms with Crippen molar-refractivity contribution >= 4 is 22.5 Å². The van der Waals surface area contributed by atoms with Crippen LogP contribution in [0.1, 0.15) is 10.4 Å². The number of carbonyl (C=O) groups is 1. The van der Waals surface area contributed by atoms with Gasteiger partial charge in [0.2, 0.25) is 12.4 Å². The fourth-order valence-corrected chi connectivity index (χ4v) is 2.57. The van der Waals surface area contributed by atoms with E-state index in [9.17, 15) is 9.59 Å². The number of amides is 1. The molecule has 1 aromatic heterocycles. The van der Waals surface area contributed by atoms with Gasteiger partial charge in [0.25, 0.3) is 5.91 Å². The van der Waals surface area contributed by atoms with Crippen LogP contribution in [-0.4, -0.2) is 17.7 Å². The van der Waals surface area contributed by atoms with Crippen molar-refractivity contribution in [1.29, 1.82) is 0 Å². The fourth-order valence-electron chi connectivity index (χ4n) is 2.57. The molecule has 2 heterocycles. The molecule has 0 atom stereocenters. The van der Waals surface area contributed by atoms with E-state index in [1.54, 1.807) is 36.4 Å². The van der Waals surface area contributed by atoms with Gasteiger partial charge >= 0.3 is 0 Å². The summed E-state index contributed by atoms with van der Waals surface area (Å²) in [5, 5.41) is 3.47. The van der Waals surface area contributed by atoms with Gasteiger partial charge < -0.3 is 19.8 Å². The zero-order valence-electron chi connectivity index (χ0n) is 12.0. The molecular weight excluding hydrogens is 296 g/mol. The van der Waals surface area contributed by atoms with Gasteiger partial charge in [0.1, 0.15) is 0 Å². The van der Waals surface area contributed by atoms with Gasteiger partial charge in [-0.1, -0.05) is 18.2 Å². The second kappa shape index (κ2) is 5.17. The number of H-pyrrole nitrogens is 1. The van der Waals surface area contributed by atoms with Gasteiger partial charge in [-0.2, -0.15) is 0 Å². The number of benzene rings is 2. The quantitative estimate of drug-likeness (QED) is 0.762. The standard InChI is InChI=1S/C17H12N2O4/c20-16-8-12(11-3-1-2-4-13(11)19-16)17(21)18-10-5-6-14-15(7-10)23-9-22-14/h1-8H,9H2,(H,18,21)(H,19,20).